The van der Waals surface area contributed by atoms with Crippen molar-refractivity contribution in [2.45, 2.75) is 82.8 Å². The lowest BCUT2D eigenvalue weighted by molar-refractivity contribution is -0.168. The first kappa shape index (κ1) is 22.9. The van der Waals surface area contributed by atoms with Crippen LogP contribution in [-0.2, 0) is 15.9 Å². The predicted molar refractivity (Wildman–Crippen MR) is 144 cm³/mol. The van der Waals surface area contributed by atoms with Crippen LogP contribution in [0, 0.1) is 5.41 Å². The molecule has 0 amide bonds. The van der Waals surface area contributed by atoms with Crippen LogP contribution in [0.25, 0.3) is 21.9 Å². The van der Waals surface area contributed by atoms with Crippen LogP contribution < -0.4 is 11.5 Å². The largest absolute Gasteiger partial charge is 0.383 e. The highest BCUT2D eigenvalue weighted by molar-refractivity contribution is 5.86. The third-order valence-corrected chi connectivity index (χ3v) is 8.71. The third kappa shape index (κ3) is 3.77. The lowest BCUT2D eigenvalue weighted by Gasteiger charge is -2.32. The Balaban J connectivity index is 1.17. The zero-order valence-electron chi connectivity index (χ0n) is 21.6. The number of nitrogen functional groups attached to an aromatic ring is 2. The zero-order chi connectivity index (χ0) is 25.5. The molecule has 2 saturated carbocycles. The maximum Gasteiger partial charge on any atom is 0.163 e. The van der Waals surface area contributed by atoms with Crippen molar-refractivity contribution in [1.82, 2.24) is 19.5 Å². The molecule has 3 aliphatic rings. The Kier molecular flexibility index (Phi) is 4.89. The Hall–Kier alpha value is -3.23. The lowest BCUT2D eigenvalue weighted by atomic mass is 9.80. The van der Waals surface area contributed by atoms with Crippen LogP contribution in [0.4, 0.5) is 11.6 Å². The first-order chi connectivity index (χ1) is 17.7. The molecule has 4 aromatic rings. The number of benzene rings is 1. The predicted octanol–water partition coefficient (Wildman–Crippen LogP) is 5.13. The molecule has 0 radical (unpaired) electrons. The number of nitrogens with two attached hydrogens (primary N) is 2. The molecule has 7 rings (SSSR count). The zero-order valence-corrected chi connectivity index (χ0v) is 21.6. The highest BCUT2D eigenvalue weighted by atomic mass is 16.8. The second-order valence-electron chi connectivity index (χ2n) is 11.9. The summed E-state index contributed by atoms with van der Waals surface area (Å²) < 4.78 is 15.3. The number of anilines is 2. The summed E-state index contributed by atoms with van der Waals surface area (Å²) >= 11 is 0. The maximum absolute atomic E-state index is 6.55. The van der Waals surface area contributed by atoms with Crippen molar-refractivity contribution >= 4 is 33.6 Å². The van der Waals surface area contributed by atoms with Crippen LogP contribution in [0.2, 0.25) is 0 Å². The van der Waals surface area contributed by atoms with Gasteiger partial charge in [0.05, 0.1) is 23.0 Å². The van der Waals surface area contributed by atoms with Gasteiger partial charge in [-0.3, -0.25) is 0 Å². The van der Waals surface area contributed by atoms with Gasteiger partial charge >= 0.3 is 0 Å². The van der Waals surface area contributed by atoms with Crippen molar-refractivity contribution in [3.05, 3.63) is 54.0 Å². The number of hydrogen-bond donors (Lipinski definition) is 2. The van der Waals surface area contributed by atoms with E-state index in [0.29, 0.717) is 17.6 Å². The molecule has 3 fully saturated rings. The number of aromatic nitrogens is 4. The van der Waals surface area contributed by atoms with Gasteiger partial charge in [-0.2, -0.15) is 0 Å². The molecule has 1 aliphatic heterocycles. The number of aryl methyl sites for hydroxylation is 1. The molecular weight excluding hydrogens is 464 g/mol. The van der Waals surface area contributed by atoms with E-state index >= 15 is 0 Å². The Morgan fingerprint density at radius 1 is 1.03 bits per heavy atom. The van der Waals surface area contributed by atoms with E-state index in [1.165, 1.54) is 35.7 Å². The Morgan fingerprint density at radius 3 is 2.68 bits per heavy atom. The van der Waals surface area contributed by atoms with Gasteiger partial charge in [0, 0.05) is 11.6 Å². The van der Waals surface area contributed by atoms with Gasteiger partial charge in [0.2, 0.25) is 0 Å². The van der Waals surface area contributed by atoms with Gasteiger partial charge in [-0.15, -0.1) is 0 Å². The first-order valence-corrected chi connectivity index (χ1v) is 13.3. The number of rotatable bonds is 5. The van der Waals surface area contributed by atoms with Crippen molar-refractivity contribution in [1.29, 1.82) is 0 Å². The molecule has 0 bridgehead atoms. The monoisotopic (exact) mass is 498 g/mol. The van der Waals surface area contributed by atoms with Crippen LogP contribution >= 0.6 is 0 Å². The SMILES string of the molecule is CC1(C)O[C@H]2[C@H](n3ccc4c(N)ncnc43)C[C@](C)(CCc3ccc4cc(C5CC5)c(N)nc4c3)[C@H]2O1. The molecule has 2 aliphatic carbocycles. The van der Waals surface area contributed by atoms with Crippen LogP contribution in [0.3, 0.4) is 0 Å². The second kappa shape index (κ2) is 7.88. The first-order valence-electron chi connectivity index (χ1n) is 13.3. The van der Waals surface area contributed by atoms with Crippen LogP contribution in [-0.4, -0.2) is 37.5 Å². The van der Waals surface area contributed by atoms with Gasteiger partial charge in [0.25, 0.3) is 0 Å². The quantitative estimate of drug-likeness (QED) is 0.392. The fourth-order valence-electron chi connectivity index (χ4n) is 6.63. The summed E-state index contributed by atoms with van der Waals surface area (Å²) in [5.41, 5.74) is 16.7. The molecule has 1 aromatic carbocycles. The molecule has 8 nitrogen and oxygen atoms in total. The van der Waals surface area contributed by atoms with Crippen molar-refractivity contribution in [2.24, 2.45) is 5.41 Å². The highest BCUT2D eigenvalue weighted by Gasteiger charge is 2.59. The standard InChI is InChI=1S/C29H34N6O2/c1-28(2)36-23-22(35-11-9-19-25(30)32-15-33-27(19)35)14-29(3,24(23)37-28)10-8-16-4-5-18-13-20(17-6-7-17)26(31)34-21(18)12-16/h4-5,9,11-13,15,17,22-24H,6-8,10,14H2,1-3H3,(H2,31,34)(H2,30,32,33)/t22-,23+,24+,29+/m1/s1. The van der Waals surface area contributed by atoms with E-state index < -0.39 is 5.79 Å². The van der Waals surface area contributed by atoms with Gasteiger partial charge in [0.15, 0.2) is 5.79 Å². The van der Waals surface area contributed by atoms with Gasteiger partial charge in [0.1, 0.15) is 29.7 Å². The lowest BCUT2D eigenvalue weighted by Crippen LogP contribution is -2.34. The minimum Gasteiger partial charge on any atom is -0.383 e. The van der Waals surface area contributed by atoms with Crippen LogP contribution in [0.1, 0.15) is 69.5 Å². The highest BCUT2D eigenvalue weighted by Crippen LogP contribution is 2.55. The van der Waals surface area contributed by atoms with E-state index in [4.69, 9.17) is 25.9 Å². The number of nitrogens with zero attached hydrogens (tertiary/aromatic N) is 4. The van der Waals surface area contributed by atoms with E-state index in [1.807, 2.05) is 19.9 Å². The summed E-state index contributed by atoms with van der Waals surface area (Å²) in [5.74, 6) is 1.15. The third-order valence-electron chi connectivity index (χ3n) is 8.71. The minimum atomic E-state index is -0.629. The topological polar surface area (TPSA) is 114 Å². The maximum atomic E-state index is 6.55. The van der Waals surface area contributed by atoms with Gasteiger partial charge in [-0.25, -0.2) is 15.0 Å². The van der Waals surface area contributed by atoms with E-state index in [2.05, 4.69) is 51.9 Å². The molecule has 4 atom stereocenters. The summed E-state index contributed by atoms with van der Waals surface area (Å²) in [5, 5.41) is 2.04. The van der Waals surface area contributed by atoms with E-state index in [0.717, 1.165) is 35.8 Å². The molecule has 4 N–H and O–H groups in total. The van der Waals surface area contributed by atoms with E-state index in [1.54, 1.807) is 0 Å². The molecule has 3 aromatic heterocycles. The normalized spacial score (nSPS) is 28.8. The van der Waals surface area contributed by atoms with Gasteiger partial charge < -0.3 is 25.5 Å². The minimum absolute atomic E-state index is 0.0144. The summed E-state index contributed by atoms with van der Waals surface area (Å²) in [4.78, 5) is 13.5. The average molecular weight is 499 g/mol. The second-order valence-corrected chi connectivity index (χ2v) is 11.9. The molecule has 0 unspecified atom stereocenters. The van der Waals surface area contributed by atoms with Crippen molar-refractivity contribution in [3.8, 4) is 0 Å². The Labute approximate surface area is 216 Å². The molecule has 4 heterocycles. The summed E-state index contributed by atoms with van der Waals surface area (Å²) in [7, 11) is 0. The van der Waals surface area contributed by atoms with Gasteiger partial charge in [-0.1, -0.05) is 19.1 Å². The summed E-state index contributed by atoms with van der Waals surface area (Å²) in [6.45, 7) is 6.35. The van der Waals surface area contributed by atoms with Crippen LogP contribution in [0.5, 0.6) is 0 Å². The molecule has 37 heavy (non-hydrogen) atoms. The molecule has 8 heteroatoms. The Morgan fingerprint density at radius 2 is 1.86 bits per heavy atom. The molecule has 1 saturated heterocycles. The smallest absolute Gasteiger partial charge is 0.163 e. The molecular formula is C29H34N6O2. The number of pyridine rings is 1. The van der Waals surface area contributed by atoms with Crippen molar-refractivity contribution in [2.75, 3.05) is 11.5 Å². The fourth-order valence-corrected chi connectivity index (χ4v) is 6.63. The number of hydrogen-bond acceptors (Lipinski definition) is 7. The van der Waals surface area contributed by atoms with Crippen molar-refractivity contribution < 1.29 is 9.47 Å². The molecule has 192 valence electrons. The summed E-state index contributed by atoms with van der Waals surface area (Å²) in [6.07, 6.45) is 8.79. The molecule has 0 spiro atoms. The Bertz CT molecular complexity index is 1530. The van der Waals surface area contributed by atoms with Crippen LogP contribution in [0.15, 0.2) is 42.9 Å². The number of fused-ring (bicyclic) bond motifs is 3. The number of ether oxygens (including phenoxy) is 2. The van der Waals surface area contributed by atoms with Gasteiger partial charge in [-0.05, 0) is 86.6 Å². The average Bonchev–Trinajstić information content (AvgIpc) is 3.44. The van der Waals surface area contributed by atoms with E-state index in [-0.39, 0.29) is 23.7 Å². The van der Waals surface area contributed by atoms with E-state index in [9.17, 15) is 0 Å². The fraction of sp³-hybridized carbons (Fsp3) is 0.483. The summed E-state index contributed by atoms with van der Waals surface area (Å²) in [6, 6.07) is 11.0. The van der Waals surface area contributed by atoms with Crippen molar-refractivity contribution in [3.63, 3.8) is 0 Å².